The maximum atomic E-state index is 2.38. The fraction of sp³-hybridized carbons (Fsp3) is 0.0541. The standard InChI is InChI=1S/C57H45N.C17H14/c1-3-5-21-43(44-23-19-24-45(39-44)46-36-37-56-53(41-46)52-31-16-18-33-55(52)58(56)51-29-13-8-14-30-51)35-34-42(20-4-2)38-50-40-47-22-15-17-32-54(47)57(50,48-25-9-6-10-26-48)49-27-11-7-12-28-49;1-13-9-11-15(12-10-13)17-8-4-6-14-5-2-3-7-16(14)17/h3-41H,1-2H3;2-12H,1H3/b5-3+,20-4-,35-34-,42-38+,43-21+;. The Morgan fingerprint density at radius 2 is 1.07 bits per heavy atom. The summed E-state index contributed by atoms with van der Waals surface area (Å²) in [6.07, 6.45) is 20.0. The van der Waals surface area contributed by atoms with Gasteiger partial charge in [0.2, 0.25) is 0 Å². The number of nitrogens with zero attached hydrogens (tertiary/aromatic N) is 1. The van der Waals surface area contributed by atoms with Gasteiger partial charge in [0.15, 0.2) is 0 Å². The van der Waals surface area contributed by atoms with E-state index in [2.05, 4.69) is 329 Å². The third-order valence-corrected chi connectivity index (χ3v) is 14.5. The maximum absolute atomic E-state index is 2.38. The molecule has 0 amide bonds. The van der Waals surface area contributed by atoms with Gasteiger partial charge in [-0.2, -0.15) is 0 Å². The minimum atomic E-state index is -0.452. The largest absolute Gasteiger partial charge is 0.309 e. The molecule has 0 aliphatic heterocycles. The third-order valence-electron chi connectivity index (χ3n) is 14.5. The zero-order chi connectivity index (χ0) is 51.0. The predicted molar refractivity (Wildman–Crippen MR) is 322 cm³/mol. The molecule has 360 valence electrons. The van der Waals surface area contributed by atoms with E-state index in [4.69, 9.17) is 0 Å². The van der Waals surface area contributed by atoms with Crippen molar-refractivity contribution in [3.8, 4) is 27.9 Å². The van der Waals surface area contributed by atoms with Crippen LogP contribution in [0.25, 0.3) is 72.2 Å². The molecule has 11 aromatic rings. The number of hydrogen-bond acceptors (Lipinski definition) is 0. The third kappa shape index (κ3) is 9.61. The van der Waals surface area contributed by atoms with E-state index >= 15 is 0 Å². The summed E-state index contributed by atoms with van der Waals surface area (Å²) in [5.41, 5.74) is 19.1. The van der Waals surface area contributed by atoms with Gasteiger partial charge in [-0.15, -0.1) is 0 Å². The maximum Gasteiger partial charge on any atom is 0.0707 e. The Morgan fingerprint density at radius 1 is 0.453 bits per heavy atom. The van der Waals surface area contributed by atoms with E-state index in [1.54, 1.807) is 0 Å². The van der Waals surface area contributed by atoms with Crippen LogP contribution in [0, 0.1) is 6.92 Å². The van der Waals surface area contributed by atoms with Gasteiger partial charge < -0.3 is 4.57 Å². The molecule has 0 fully saturated rings. The summed E-state index contributed by atoms with van der Waals surface area (Å²) in [7, 11) is 0. The number of rotatable bonds is 11. The van der Waals surface area contributed by atoms with Crippen LogP contribution in [0.1, 0.15) is 47.2 Å². The van der Waals surface area contributed by atoms with Gasteiger partial charge >= 0.3 is 0 Å². The molecule has 12 rings (SSSR count). The zero-order valence-corrected chi connectivity index (χ0v) is 42.8. The SMILES string of the molecule is C\C=C/C(/C=C\C(=C/C=C/C)c1cccc(-c2ccc3c(c2)c2ccccc2n3-c2ccccc2)c1)=C\C1=Cc2ccccc2C1(c1ccccc1)c1ccccc1.Cc1ccc(-c2cccc3ccccc23)cc1. The van der Waals surface area contributed by atoms with E-state index in [0.717, 1.165) is 16.7 Å². The number of hydrogen-bond donors (Lipinski definition) is 0. The molecule has 1 heteroatoms. The van der Waals surface area contributed by atoms with Gasteiger partial charge in [0.25, 0.3) is 0 Å². The van der Waals surface area contributed by atoms with Crippen LogP contribution in [0.15, 0.2) is 308 Å². The number of fused-ring (bicyclic) bond motifs is 5. The average Bonchev–Trinajstić information content (AvgIpc) is 3.99. The lowest BCUT2D eigenvalue weighted by Crippen LogP contribution is -2.29. The second-order valence-electron chi connectivity index (χ2n) is 19.2. The molecule has 1 aliphatic carbocycles. The van der Waals surface area contributed by atoms with E-state index in [1.807, 2.05) is 0 Å². The monoisotopic (exact) mass is 961 g/mol. The Morgan fingerprint density at radius 3 is 1.81 bits per heavy atom. The first kappa shape index (κ1) is 48.0. The van der Waals surface area contributed by atoms with Crippen molar-refractivity contribution in [3.63, 3.8) is 0 Å². The summed E-state index contributed by atoms with van der Waals surface area (Å²) < 4.78 is 2.37. The van der Waals surface area contributed by atoms with Crippen LogP contribution in [0.5, 0.6) is 0 Å². The van der Waals surface area contributed by atoms with Gasteiger partial charge in [-0.1, -0.05) is 266 Å². The molecule has 0 atom stereocenters. The van der Waals surface area contributed by atoms with Crippen LogP contribution < -0.4 is 0 Å². The summed E-state index contributed by atoms with van der Waals surface area (Å²) in [5.74, 6) is 0. The minimum Gasteiger partial charge on any atom is -0.309 e. The molecule has 1 nitrogen and oxygen atoms in total. The van der Waals surface area contributed by atoms with Gasteiger partial charge in [-0.05, 0) is 141 Å². The molecule has 75 heavy (non-hydrogen) atoms. The predicted octanol–water partition coefficient (Wildman–Crippen LogP) is 19.7. The highest BCUT2D eigenvalue weighted by molar-refractivity contribution is 6.10. The van der Waals surface area contributed by atoms with Gasteiger partial charge in [0, 0.05) is 16.5 Å². The molecular formula is C74H59N. The van der Waals surface area contributed by atoms with Crippen molar-refractivity contribution in [1.29, 1.82) is 0 Å². The van der Waals surface area contributed by atoms with Crippen LogP contribution >= 0.6 is 0 Å². The van der Waals surface area contributed by atoms with Crippen molar-refractivity contribution >= 4 is 44.2 Å². The number of aromatic nitrogens is 1. The molecular weight excluding hydrogens is 903 g/mol. The number of para-hydroxylation sites is 2. The van der Waals surface area contributed by atoms with Crippen molar-refractivity contribution in [2.45, 2.75) is 26.2 Å². The molecule has 1 heterocycles. The summed E-state index contributed by atoms with van der Waals surface area (Å²) >= 11 is 0. The molecule has 1 aliphatic rings. The van der Waals surface area contributed by atoms with Crippen molar-refractivity contribution < 1.29 is 0 Å². The molecule has 0 spiro atoms. The Hall–Kier alpha value is -9.30. The van der Waals surface area contributed by atoms with Crippen LogP contribution in [-0.2, 0) is 5.41 Å². The highest BCUT2D eigenvalue weighted by Gasteiger charge is 2.43. The van der Waals surface area contributed by atoms with Crippen LogP contribution in [0.2, 0.25) is 0 Å². The highest BCUT2D eigenvalue weighted by atomic mass is 15.0. The molecule has 1 aromatic heterocycles. The number of allylic oxidation sites excluding steroid dienone is 11. The summed E-state index contributed by atoms with van der Waals surface area (Å²) in [6, 6.07) is 89.6. The number of aryl methyl sites for hydroxylation is 1. The van der Waals surface area contributed by atoms with Crippen molar-refractivity contribution in [3.05, 3.63) is 342 Å². The second kappa shape index (κ2) is 21.8. The van der Waals surface area contributed by atoms with E-state index in [9.17, 15) is 0 Å². The van der Waals surface area contributed by atoms with Gasteiger partial charge in [0.1, 0.15) is 0 Å². The first-order chi connectivity index (χ1) is 37.0. The van der Waals surface area contributed by atoms with E-state index in [0.29, 0.717) is 0 Å². The topological polar surface area (TPSA) is 4.93 Å². The first-order valence-electron chi connectivity index (χ1n) is 26.1. The summed E-state index contributed by atoms with van der Waals surface area (Å²) in [6.45, 7) is 6.28. The second-order valence-corrected chi connectivity index (χ2v) is 19.2. The number of benzene rings is 10. The van der Waals surface area contributed by atoms with Gasteiger partial charge in [-0.25, -0.2) is 0 Å². The fourth-order valence-electron chi connectivity index (χ4n) is 11.0. The van der Waals surface area contributed by atoms with E-state index in [1.165, 1.54) is 93.9 Å². The van der Waals surface area contributed by atoms with Crippen molar-refractivity contribution in [2.24, 2.45) is 0 Å². The Balaban J connectivity index is 0.000000298. The van der Waals surface area contributed by atoms with Crippen molar-refractivity contribution in [1.82, 2.24) is 4.57 Å². The zero-order valence-electron chi connectivity index (χ0n) is 42.8. The summed E-state index contributed by atoms with van der Waals surface area (Å²) in [4.78, 5) is 0. The Bertz CT molecular complexity index is 3940. The lowest BCUT2D eigenvalue weighted by Gasteiger charge is -2.35. The van der Waals surface area contributed by atoms with Gasteiger partial charge in [0.05, 0.1) is 16.4 Å². The normalized spacial score (nSPS) is 13.5. The van der Waals surface area contributed by atoms with Gasteiger partial charge in [-0.3, -0.25) is 0 Å². The highest BCUT2D eigenvalue weighted by Crippen LogP contribution is 2.52. The molecule has 0 N–H and O–H groups in total. The molecule has 10 aromatic carbocycles. The van der Waals surface area contributed by atoms with Crippen LogP contribution in [0.4, 0.5) is 0 Å². The summed E-state index contributed by atoms with van der Waals surface area (Å²) in [5, 5.41) is 5.12. The molecule has 0 saturated heterocycles. The van der Waals surface area contributed by atoms with E-state index < -0.39 is 5.41 Å². The fourth-order valence-corrected chi connectivity index (χ4v) is 11.0. The van der Waals surface area contributed by atoms with E-state index in [-0.39, 0.29) is 0 Å². The molecule has 0 saturated carbocycles. The molecule has 0 unspecified atom stereocenters. The van der Waals surface area contributed by atoms with Crippen molar-refractivity contribution in [2.75, 3.05) is 0 Å². The Kier molecular flexibility index (Phi) is 14.0. The van der Waals surface area contributed by atoms with Crippen LogP contribution in [0.3, 0.4) is 0 Å². The Labute approximate surface area is 442 Å². The quantitative estimate of drug-likeness (QED) is 0.114. The lowest BCUT2D eigenvalue weighted by molar-refractivity contribution is 0.761. The smallest absolute Gasteiger partial charge is 0.0707 e. The minimum absolute atomic E-state index is 0.452. The molecule has 0 bridgehead atoms. The molecule has 0 radical (unpaired) electrons. The lowest BCUT2D eigenvalue weighted by atomic mass is 9.66. The average molecular weight is 962 g/mol. The van der Waals surface area contributed by atoms with Crippen LogP contribution in [-0.4, -0.2) is 4.57 Å². The first-order valence-corrected chi connectivity index (χ1v) is 26.1.